The third kappa shape index (κ3) is 5.76. The van der Waals surface area contributed by atoms with Crippen molar-refractivity contribution in [2.24, 2.45) is 0 Å². The van der Waals surface area contributed by atoms with Gasteiger partial charge in [0.2, 0.25) is 5.91 Å². The van der Waals surface area contributed by atoms with Crippen LogP contribution in [0, 0.1) is 12.7 Å². The molecule has 2 aromatic heterocycles. The number of piperidine rings is 1. The van der Waals surface area contributed by atoms with Crippen LogP contribution in [0.2, 0.25) is 0 Å². The Morgan fingerprint density at radius 1 is 1.21 bits per heavy atom. The van der Waals surface area contributed by atoms with E-state index in [0.717, 1.165) is 29.0 Å². The van der Waals surface area contributed by atoms with Crippen LogP contribution in [0.1, 0.15) is 80.8 Å². The molecular formula is C27H35FN4O6. The molecule has 0 radical (unpaired) electrons. The average Bonchev–Trinajstić information content (AvgIpc) is 3.64. The number of carboxylic acid groups (broad SMARTS) is 1. The number of carboxylic acids is 1. The smallest absolute Gasteiger partial charge is 0.408 e. The van der Waals surface area contributed by atoms with Crippen LogP contribution in [-0.2, 0) is 9.53 Å². The maximum Gasteiger partial charge on any atom is 0.408 e. The Morgan fingerprint density at radius 2 is 1.89 bits per heavy atom. The van der Waals surface area contributed by atoms with E-state index in [1.807, 2.05) is 4.90 Å². The molecule has 1 aliphatic carbocycles. The molecule has 2 aliphatic rings. The van der Waals surface area contributed by atoms with Gasteiger partial charge in [0.05, 0.1) is 17.4 Å². The third-order valence-corrected chi connectivity index (χ3v) is 6.90. The molecule has 3 heterocycles. The van der Waals surface area contributed by atoms with Gasteiger partial charge in [-0.2, -0.15) is 0 Å². The van der Waals surface area contributed by atoms with E-state index in [1.54, 1.807) is 34.6 Å². The van der Waals surface area contributed by atoms with E-state index in [-0.39, 0.29) is 23.4 Å². The van der Waals surface area contributed by atoms with Gasteiger partial charge < -0.3 is 25.4 Å². The molecule has 1 saturated heterocycles. The molecule has 1 aliphatic heterocycles. The number of amides is 2. The highest BCUT2D eigenvalue weighted by molar-refractivity contribution is 5.89. The normalized spacial score (nSPS) is 18.7. The first-order valence-corrected chi connectivity index (χ1v) is 12.9. The number of nitrogens with zero attached hydrogens (tertiary/aromatic N) is 2. The van der Waals surface area contributed by atoms with Crippen LogP contribution in [0.15, 0.2) is 17.1 Å². The number of nitrogens with one attached hydrogen (secondary N) is 2. The number of halogens is 1. The molecule has 2 amide bonds. The zero-order valence-corrected chi connectivity index (χ0v) is 22.4. The number of ether oxygens (including phenoxy) is 1. The van der Waals surface area contributed by atoms with Crippen molar-refractivity contribution in [3.8, 4) is 0 Å². The van der Waals surface area contributed by atoms with Crippen molar-refractivity contribution in [2.45, 2.75) is 83.9 Å². The van der Waals surface area contributed by atoms with E-state index in [2.05, 4.69) is 10.6 Å². The average molecular weight is 531 g/mol. The van der Waals surface area contributed by atoms with Crippen molar-refractivity contribution >= 4 is 29.2 Å². The number of hydrogen-bond donors (Lipinski definition) is 3. The molecule has 1 saturated carbocycles. The fourth-order valence-electron chi connectivity index (χ4n) is 5.06. The number of fused-ring (bicyclic) bond motifs is 1. The lowest BCUT2D eigenvalue weighted by atomic mass is 9.99. The Morgan fingerprint density at radius 3 is 2.50 bits per heavy atom. The number of anilines is 1. The molecule has 2 atom stereocenters. The third-order valence-electron chi connectivity index (χ3n) is 6.90. The summed E-state index contributed by atoms with van der Waals surface area (Å²) >= 11 is 0. The predicted octanol–water partition coefficient (Wildman–Crippen LogP) is 3.32. The van der Waals surface area contributed by atoms with Crippen molar-refractivity contribution in [3.63, 3.8) is 0 Å². The molecular weight excluding hydrogens is 495 g/mol. The molecule has 3 N–H and O–H groups in total. The maximum atomic E-state index is 15.5. The Kier molecular flexibility index (Phi) is 7.40. The second-order valence-electron chi connectivity index (χ2n) is 11.2. The number of hydrogen-bond acceptors (Lipinski definition) is 6. The molecule has 2 fully saturated rings. The van der Waals surface area contributed by atoms with Crippen molar-refractivity contribution in [1.82, 2.24) is 15.0 Å². The maximum absolute atomic E-state index is 15.5. The SMILES string of the molecule is Cc1c(N2CCC[C@@H](NC(=O)[C@H](C)NC(=O)OC(C)(C)C)C2)c(F)cn2c(=O)c(C(=O)O)cc(C3CC3)c12. The summed E-state index contributed by atoms with van der Waals surface area (Å²) in [7, 11) is 0. The summed E-state index contributed by atoms with van der Waals surface area (Å²) in [6, 6.07) is 0.328. The van der Waals surface area contributed by atoms with Crippen LogP contribution in [-0.4, -0.2) is 58.3 Å². The van der Waals surface area contributed by atoms with E-state index < -0.39 is 35.1 Å². The minimum absolute atomic E-state index is 0.132. The van der Waals surface area contributed by atoms with Gasteiger partial charge in [-0.05, 0) is 83.4 Å². The summed E-state index contributed by atoms with van der Waals surface area (Å²) in [6.45, 7) is 9.41. The number of pyridine rings is 2. The van der Waals surface area contributed by atoms with Gasteiger partial charge in [0, 0.05) is 19.1 Å². The van der Waals surface area contributed by atoms with E-state index in [9.17, 15) is 24.3 Å². The van der Waals surface area contributed by atoms with Crippen LogP contribution in [0.25, 0.3) is 5.52 Å². The highest BCUT2D eigenvalue weighted by Gasteiger charge is 2.32. The van der Waals surface area contributed by atoms with Gasteiger partial charge in [0.15, 0.2) is 5.82 Å². The van der Waals surface area contributed by atoms with Crippen LogP contribution in [0.5, 0.6) is 0 Å². The van der Waals surface area contributed by atoms with Crippen LogP contribution < -0.4 is 21.1 Å². The van der Waals surface area contributed by atoms with Gasteiger partial charge in [-0.3, -0.25) is 14.0 Å². The standard InChI is InChI=1S/C27H35FN4O6/c1-14-21-18(16-8-9-16)11-19(25(35)36)24(34)32(21)13-20(28)22(14)31-10-6-7-17(12-31)30-23(33)15(2)29-26(37)38-27(3,4)5/h11,13,15-17H,6-10,12H2,1-5H3,(H,29,37)(H,30,33)(H,35,36)/t15-,17+/m0/s1. The monoisotopic (exact) mass is 530 g/mol. The largest absolute Gasteiger partial charge is 0.477 e. The van der Waals surface area contributed by atoms with E-state index >= 15 is 4.39 Å². The van der Waals surface area contributed by atoms with Crippen molar-refractivity contribution in [1.29, 1.82) is 0 Å². The van der Waals surface area contributed by atoms with Crippen molar-refractivity contribution in [3.05, 3.63) is 45.1 Å². The fraction of sp³-hybridized carbons (Fsp3) is 0.556. The van der Waals surface area contributed by atoms with Gasteiger partial charge in [0.1, 0.15) is 17.2 Å². The predicted molar refractivity (Wildman–Crippen MR) is 140 cm³/mol. The van der Waals surface area contributed by atoms with Gasteiger partial charge in [0.25, 0.3) is 5.56 Å². The molecule has 38 heavy (non-hydrogen) atoms. The van der Waals surface area contributed by atoms with Gasteiger partial charge in [-0.25, -0.2) is 14.0 Å². The summed E-state index contributed by atoms with van der Waals surface area (Å²) in [5.74, 6) is -2.21. The highest BCUT2D eigenvalue weighted by Crippen LogP contribution is 2.44. The first-order chi connectivity index (χ1) is 17.8. The second kappa shape index (κ2) is 10.3. The van der Waals surface area contributed by atoms with Gasteiger partial charge in [-0.15, -0.1) is 0 Å². The summed E-state index contributed by atoms with van der Waals surface area (Å²) in [4.78, 5) is 51.2. The molecule has 11 heteroatoms. The van der Waals surface area contributed by atoms with E-state index in [1.165, 1.54) is 6.07 Å². The Hall–Kier alpha value is -3.63. The number of rotatable bonds is 6. The first kappa shape index (κ1) is 27.4. The fourth-order valence-corrected chi connectivity index (χ4v) is 5.06. The molecule has 0 bridgehead atoms. The Labute approximate surface area is 220 Å². The first-order valence-electron chi connectivity index (χ1n) is 12.9. The number of carbonyl (C=O) groups is 3. The Bertz CT molecular complexity index is 1340. The van der Waals surface area contributed by atoms with Crippen LogP contribution in [0.3, 0.4) is 0 Å². The van der Waals surface area contributed by atoms with Gasteiger partial charge in [-0.1, -0.05) is 0 Å². The number of alkyl carbamates (subject to hydrolysis) is 1. The van der Waals surface area contributed by atoms with Crippen LogP contribution >= 0.6 is 0 Å². The molecule has 0 aromatic carbocycles. The molecule has 10 nitrogen and oxygen atoms in total. The lowest BCUT2D eigenvalue weighted by Crippen LogP contribution is -2.53. The van der Waals surface area contributed by atoms with E-state index in [0.29, 0.717) is 42.7 Å². The summed E-state index contributed by atoms with van der Waals surface area (Å²) in [5.41, 5.74) is 0.364. The van der Waals surface area contributed by atoms with Crippen molar-refractivity contribution in [2.75, 3.05) is 18.0 Å². The summed E-state index contributed by atoms with van der Waals surface area (Å²) in [5, 5.41) is 15.0. The number of aromatic carboxylic acids is 1. The molecule has 2 aromatic rings. The quantitative estimate of drug-likeness (QED) is 0.522. The Balaban J connectivity index is 1.57. The van der Waals surface area contributed by atoms with Crippen LogP contribution in [0.4, 0.5) is 14.9 Å². The summed E-state index contributed by atoms with van der Waals surface area (Å²) in [6.07, 6.45) is 3.53. The lowest BCUT2D eigenvalue weighted by molar-refractivity contribution is -0.123. The second-order valence-corrected chi connectivity index (χ2v) is 11.2. The summed E-state index contributed by atoms with van der Waals surface area (Å²) < 4.78 is 21.9. The van der Waals surface area contributed by atoms with Gasteiger partial charge >= 0.3 is 12.1 Å². The molecule has 206 valence electrons. The minimum atomic E-state index is -1.33. The minimum Gasteiger partial charge on any atom is -0.477 e. The highest BCUT2D eigenvalue weighted by atomic mass is 19.1. The molecule has 0 unspecified atom stereocenters. The molecule has 4 rings (SSSR count). The molecule has 0 spiro atoms. The van der Waals surface area contributed by atoms with Crippen molar-refractivity contribution < 1.29 is 28.6 Å². The lowest BCUT2D eigenvalue weighted by Gasteiger charge is -2.36. The number of aromatic nitrogens is 1. The zero-order valence-electron chi connectivity index (χ0n) is 22.4. The zero-order chi connectivity index (χ0) is 27.9. The topological polar surface area (TPSA) is 129 Å². The number of carbonyl (C=O) groups excluding carboxylic acids is 2. The van der Waals surface area contributed by atoms with E-state index in [4.69, 9.17) is 4.74 Å². The number of aryl methyl sites for hydroxylation is 1.